The summed E-state index contributed by atoms with van der Waals surface area (Å²) in [4.78, 5) is 0. The Morgan fingerprint density at radius 1 is 1.10 bits per heavy atom. The highest BCUT2D eigenvalue weighted by atomic mass is 14.5. The van der Waals surface area contributed by atoms with E-state index >= 15 is 0 Å². The van der Waals surface area contributed by atoms with Crippen LogP contribution in [0.15, 0.2) is 0 Å². The monoisotopic (exact) mass is 137 g/mol. The lowest BCUT2D eigenvalue weighted by molar-refractivity contribution is 0.0948. The minimum absolute atomic E-state index is 0.571. The highest BCUT2D eigenvalue weighted by molar-refractivity contribution is 5.03. The zero-order chi connectivity index (χ0) is 7.19. The van der Waals surface area contributed by atoms with Crippen molar-refractivity contribution in [3.63, 3.8) is 0 Å². The molecule has 0 heteroatoms. The second-order valence-corrected chi connectivity index (χ2v) is 4.60. The largest absolute Gasteiger partial charge is 0.0594 e. The van der Waals surface area contributed by atoms with E-state index in [1.165, 1.54) is 25.7 Å². The third-order valence-electron chi connectivity index (χ3n) is 3.49. The van der Waals surface area contributed by atoms with E-state index in [2.05, 4.69) is 20.3 Å². The van der Waals surface area contributed by atoms with Crippen molar-refractivity contribution in [2.75, 3.05) is 0 Å². The van der Waals surface area contributed by atoms with Crippen LogP contribution < -0.4 is 0 Å². The lowest BCUT2D eigenvalue weighted by atomic mass is 9.58. The Morgan fingerprint density at radius 3 is 1.90 bits per heavy atom. The van der Waals surface area contributed by atoms with E-state index in [4.69, 9.17) is 0 Å². The molecule has 3 saturated carbocycles. The molecule has 0 aliphatic heterocycles. The standard InChI is InChI=1S/C10H17/c1-10(2)7-8-3-5-9(10)6-4-8/h7-9H,3-6H2,1-2H3. The first-order valence-electron chi connectivity index (χ1n) is 4.54. The van der Waals surface area contributed by atoms with Crippen molar-refractivity contribution in [1.29, 1.82) is 0 Å². The van der Waals surface area contributed by atoms with E-state index < -0.39 is 0 Å². The van der Waals surface area contributed by atoms with Crippen LogP contribution in [0.2, 0.25) is 0 Å². The van der Waals surface area contributed by atoms with Gasteiger partial charge in [-0.25, -0.2) is 0 Å². The molecule has 0 aromatic heterocycles. The lowest BCUT2D eigenvalue weighted by Crippen LogP contribution is -2.37. The van der Waals surface area contributed by atoms with Gasteiger partial charge in [-0.05, 0) is 49.4 Å². The fourth-order valence-corrected chi connectivity index (χ4v) is 2.77. The lowest BCUT2D eigenvalue weighted by Gasteiger charge is -2.47. The van der Waals surface area contributed by atoms with E-state index in [0.717, 1.165) is 11.8 Å². The van der Waals surface area contributed by atoms with Gasteiger partial charge in [-0.3, -0.25) is 0 Å². The molecule has 0 saturated heterocycles. The van der Waals surface area contributed by atoms with Crippen molar-refractivity contribution in [3.05, 3.63) is 6.42 Å². The average Bonchev–Trinajstić information content (AvgIpc) is 1.87. The van der Waals surface area contributed by atoms with Crippen molar-refractivity contribution in [2.45, 2.75) is 39.5 Å². The van der Waals surface area contributed by atoms with Crippen LogP contribution >= 0.6 is 0 Å². The summed E-state index contributed by atoms with van der Waals surface area (Å²) in [5.41, 5.74) is 0.571. The van der Waals surface area contributed by atoms with Gasteiger partial charge in [-0.1, -0.05) is 13.8 Å². The van der Waals surface area contributed by atoms with Gasteiger partial charge in [0.15, 0.2) is 0 Å². The smallest absolute Gasteiger partial charge is 0.0292 e. The van der Waals surface area contributed by atoms with Gasteiger partial charge < -0.3 is 0 Å². The topological polar surface area (TPSA) is 0 Å². The maximum absolute atomic E-state index is 2.60. The van der Waals surface area contributed by atoms with Crippen LogP contribution in [-0.2, 0) is 0 Å². The second kappa shape index (κ2) is 1.99. The van der Waals surface area contributed by atoms with Crippen LogP contribution in [0.25, 0.3) is 0 Å². The van der Waals surface area contributed by atoms with Crippen molar-refractivity contribution in [1.82, 2.24) is 0 Å². The fourth-order valence-electron chi connectivity index (χ4n) is 2.77. The molecule has 0 heterocycles. The van der Waals surface area contributed by atoms with Crippen molar-refractivity contribution in [3.8, 4) is 0 Å². The quantitative estimate of drug-likeness (QED) is 0.481. The molecule has 3 aliphatic carbocycles. The molecule has 0 atom stereocenters. The van der Waals surface area contributed by atoms with Gasteiger partial charge in [0, 0.05) is 0 Å². The van der Waals surface area contributed by atoms with Gasteiger partial charge in [-0.2, -0.15) is 0 Å². The number of hydrogen-bond donors (Lipinski definition) is 0. The summed E-state index contributed by atoms with van der Waals surface area (Å²) in [5, 5.41) is 0. The normalized spacial score (nSPS) is 43.8. The Balaban J connectivity index is 2.15. The predicted octanol–water partition coefficient (Wildman–Crippen LogP) is 3.04. The molecule has 1 radical (unpaired) electrons. The zero-order valence-electron chi connectivity index (χ0n) is 7.06. The summed E-state index contributed by atoms with van der Waals surface area (Å²) in [6, 6.07) is 0. The van der Waals surface area contributed by atoms with Crippen molar-refractivity contribution < 1.29 is 0 Å². The van der Waals surface area contributed by atoms with E-state index in [9.17, 15) is 0 Å². The minimum Gasteiger partial charge on any atom is -0.0594 e. The first-order chi connectivity index (χ1) is 4.68. The molecule has 0 aromatic rings. The third kappa shape index (κ3) is 0.889. The van der Waals surface area contributed by atoms with E-state index in [1.54, 1.807) is 0 Å². The van der Waals surface area contributed by atoms with Crippen LogP contribution in [0.4, 0.5) is 0 Å². The van der Waals surface area contributed by atoms with E-state index in [0.29, 0.717) is 5.41 Å². The summed E-state index contributed by atoms with van der Waals surface area (Å²) < 4.78 is 0. The molecule has 0 N–H and O–H groups in total. The number of fused-ring (bicyclic) bond motifs is 3. The highest BCUT2D eigenvalue weighted by Gasteiger charge is 2.40. The van der Waals surface area contributed by atoms with Crippen molar-refractivity contribution >= 4 is 0 Å². The molecule has 10 heavy (non-hydrogen) atoms. The molecule has 3 aliphatic rings. The summed E-state index contributed by atoms with van der Waals surface area (Å²) in [7, 11) is 0. The summed E-state index contributed by atoms with van der Waals surface area (Å²) >= 11 is 0. The van der Waals surface area contributed by atoms with Crippen LogP contribution in [0, 0.1) is 23.7 Å². The highest BCUT2D eigenvalue weighted by Crippen LogP contribution is 2.51. The SMILES string of the molecule is CC1(C)[CH]C2CCC1CC2. The fraction of sp³-hybridized carbons (Fsp3) is 0.900. The molecule has 0 amide bonds. The van der Waals surface area contributed by atoms with Crippen LogP contribution in [0.3, 0.4) is 0 Å². The van der Waals surface area contributed by atoms with Gasteiger partial charge >= 0.3 is 0 Å². The Kier molecular flexibility index (Phi) is 1.33. The Morgan fingerprint density at radius 2 is 1.70 bits per heavy atom. The molecule has 57 valence electrons. The third-order valence-corrected chi connectivity index (χ3v) is 3.49. The summed E-state index contributed by atoms with van der Waals surface area (Å²) in [6.07, 6.45) is 8.55. The first-order valence-corrected chi connectivity index (χ1v) is 4.54. The van der Waals surface area contributed by atoms with E-state index in [1.807, 2.05) is 0 Å². The zero-order valence-corrected chi connectivity index (χ0v) is 7.06. The predicted molar refractivity (Wildman–Crippen MR) is 43.5 cm³/mol. The average molecular weight is 137 g/mol. The van der Waals surface area contributed by atoms with Crippen LogP contribution in [0.1, 0.15) is 39.5 Å². The van der Waals surface area contributed by atoms with E-state index in [-0.39, 0.29) is 0 Å². The summed E-state index contributed by atoms with van der Waals surface area (Å²) in [5.74, 6) is 1.98. The van der Waals surface area contributed by atoms with Gasteiger partial charge in [0.2, 0.25) is 0 Å². The van der Waals surface area contributed by atoms with Crippen molar-refractivity contribution in [2.24, 2.45) is 17.3 Å². The molecular weight excluding hydrogens is 120 g/mol. The molecule has 3 fully saturated rings. The van der Waals surface area contributed by atoms with Gasteiger partial charge in [0.1, 0.15) is 0 Å². The molecule has 0 aromatic carbocycles. The Labute approximate surface area is 64.0 Å². The Hall–Kier alpha value is 0. The second-order valence-electron chi connectivity index (χ2n) is 4.60. The number of rotatable bonds is 0. The molecule has 2 bridgehead atoms. The number of hydrogen-bond acceptors (Lipinski definition) is 0. The van der Waals surface area contributed by atoms with Gasteiger partial charge in [0.25, 0.3) is 0 Å². The first kappa shape index (κ1) is 6.69. The molecule has 0 spiro atoms. The molecular formula is C10H17. The van der Waals surface area contributed by atoms with Gasteiger partial charge in [0.05, 0.1) is 0 Å². The van der Waals surface area contributed by atoms with Crippen LogP contribution in [-0.4, -0.2) is 0 Å². The maximum atomic E-state index is 2.60. The van der Waals surface area contributed by atoms with Crippen LogP contribution in [0.5, 0.6) is 0 Å². The molecule has 0 unspecified atom stereocenters. The Bertz CT molecular complexity index is 127. The molecule has 3 rings (SSSR count). The molecule has 0 nitrogen and oxygen atoms in total. The maximum Gasteiger partial charge on any atom is -0.0292 e. The van der Waals surface area contributed by atoms with Gasteiger partial charge in [-0.15, -0.1) is 0 Å². The minimum atomic E-state index is 0.571. The summed E-state index contributed by atoms with van der Waals surface area (Å²) in [6.45, 7) is 4.81.